The van der Waals surface area contributed by atoms with Crippen molar-refractivity contribution in [3.63, 3.8) is 0 Å². The molecule has 0 fully saturated rings. The largest absolute Gasteiger partial charge is 0.344 e. The maximum Gasteiger partial charge on any atom is 0.270 e. The molecule has 1 atom stereocenters. The van der Waals surface area contributed by atoms with E-state index in [4.69, 9.17) is 0 Å². The number of nitrogens with one attached hydrogen (secondary N) is 1. The number of aryl methyl sites for hydroxylation is 1. The maximum atomic E-state index is 12.8. The van der Waals surface area contributed by atoms with Gasteiger partial charge in [0.1, 0.15) is 18.3 Å². The van der Waals surface area contributed by atoms with Gasteiger partial charge in [-0.25, -0.2) is 9.67 Å². The van der Waals surface area contributed by atoms with E-state index in [1.54, 1.807) is 15.7 Å². The molecule has 0 aliphatic rings. The second-order valence-corrected chi connectivity index (χ2v) is 7.06. The average Bonchev–Trinajstić information content (AvgIpc) is 3.31. The van der Waals surface area contributed by atoms with Crippen LogP contribution in [0.25, 0.3) is 5.69 Å². The Morgan fingerprint density at radius 1 is 1.19 bits per heavy atom. The molecule has 3 rings (SSSR count). The van der Waals surface area contributed by atoms with E-state index >= 15 is 0 Å². The van der Waals surface area contributed by atoms with Gasteiger partial charge in [-0.3, -0.25) is 9.48 Å². The Kier molecular flexibility index (Phi) is 5.69. The molecule has 0 saturated heterocycles. The molecule has 1 unspecified atom stereocenters. The van der Waals surface area contributed by atoms with Crippen LogP contribution in [0.4, 0.5) is 0 Å². The van der Waals surface area contributed by atoms with E-state index in [1.807, 2.05) is 44.2 Å². The molecule has 7 heteroatoms. The molecule has 3 aromatic rings. The first-order valence-electron chi connectivity index (χ1n) is 9.30. The van der Waals surface area contributed by atoms with Gasteiger partial charge in [-0.1, -0.05) is 26.0 Å². The van der Waals surface area contributed by atoms with E-state index in [2.05, 4.69) is 34.3 Å². The van der Waals surface area contributed by atoms with Gasteiger partial charge in [-0.2, -0.15) is 10.2 Å². The molecule has 142 valence electrons. The second kappa shape index (κ2) is 8.16. The summed E-state index contributed by atoms with van der Waals surface area (Å²) in [4.78, 5) is 16.7. The van der Waals surface area contributed by atoms with Crippen LogP contribution < -0.4 is 5.32 Å². The van der Waals surface area contributed by atoms with E-state index in [9.17, 15) is 4.79 Å². The Bertz CT molecular complexity index is 880. The molecule has 0 spiro atoms. The summed E-state index contributed by atoms with van der Waals surface area (Å²) in [6, 6.07) is 9.69. The number of amides is 1. The predicted molar refractivity (Wildman–Crippen MR) is 104 cm³/mol. The zero-order valence-corrected chi connectivity index (χ0v) is 16.3. The fourth-order valence-corrected chi connectivity index (χ4v) is 3.02. The quantitative estimate of drug-likeness (QED) is 0.697. The standard InChI is InChI=1S/C20H26N6O/c1-5-25-19(11-17(24-25)10-14(2)3)20(27)23-15(4)16-6-8-18(9-7-16)26-13-21-12-22-26/h6-9,11-15H,5,10H2,1-4H3,(H,23,27). The minimum Gasteiger partial charge on any atom is -0.344 e. The van der Waals surface area contributed by atoms with Crippen LogP contribution in [0, 0.1) is 5.92 Å². The number of hydrogen-bond donors (Lipinski definition) is 1. The maximum absolute atomic E-state index is 12.8. The van der Waals surface area contributed by atoms with Crippen molar-refractivity contribution in [2.24, 2.45) is 5.92 Å². The average molecular weight is 366 g/mol. The van der Waals surface area contributed by atoms with Crippen molar-refractivity contribution >= 4 is 5.91 Å². The van der Waals surface area contributed by atoms with Crippen LogP contribution >= 0.6 is 0 Å². The molecule has 0 radical (unpaired) electrons. The zero-order chi connectivity index (χ0) is 19.4. The summed E-state index contributed by atoms with van der Waals surface area (Å²) in [5.74, 6) is 0.399. The Morgan fingerprint density at radius 2 is 1.93 bits per heavy atom. The molecule has 2 heterocycles. The lowest BCUT2D eigenvalue weighted by molar-refractivity contribution is 0.0929. The summed E-state index contributed by atoms with van der Waals surface area (Å²) in [6.45, 7) is 8.94. The molecule has 7 nitrogen and oxygen atoms in total. The number of benzene rings is 1. The van der Waals surface area contributed by atoms with Crippen LogP contribution in [0.3, 0.4) is 0 Å². The lowest BCUT2D eigenvalue weighted by atomic mass is 10.1. The fourth-order valence-electron chi connectivity index (χ4n) is 3.02. The number of aromatic nitrogens is 5. The van der Waals surface area contributed by atoms with Crippen LogP contribution in [0.1, 0.15) is 55.5 Å². The van der Waals surface area contributed by atoms with Crippen molar-refractivity contribution in [3.8, 4) is 5.69 Å². The number of hydrogen-bond acceptors (Lipinski definition) is 4. The molecule has 0 aliphatic heterocycles. The molecule has 27 heavy (non-hydrogen) atoms. The summed E-state index contributed by atoms with van der Waals surface area (Å²) >= 11 is 0. The zero-order valence-electron chi connectivity index (χ0n) is 16.3. The van der Waals surface area contributed by atoms with Crippen molar-refractivity contribution in [2.75, 3.05) is 0 Å². The van der Waals surface area contributed by atoms with E-state index in [1.165, 1.54) is 6.33 Å². The third-order valence-corrected chi connectivity index (χ3v) is 4.40. The van der Waals surface area contributed by atoms with Crippen molar-refractivity contribution in [3.05, 3.63) is 59.9 Å². The van der Waals surface area contributed by atoms with Gasteiger partial charge >= 0.3 is 0 Å². The number of carbonyl (C=O) groups is 1. The summed E-state index contributed by atoms with van der Waals surface area (Å²) in [5, 5.41) is 11.7. The first kappa shape index (κ1) is 18.8. The highest BCUT2D eigenvalue weighted by Crippen LogP contribution is 2.17. The first-order valence-corrected chi connectivity index (χ1v) is 9.30. The number of carbonyl (C=O) groups excluding carboxylic acids is 1. The van der Waals surface area contributed by atoms with Gasteiger partial charge in [0.05, 0.1) is 17.4 Å². The summed E-state index contributed by atoms with van der Waals surface area (Å²) < 4.78 is 3.47. The van der Waals surface area contributed by atoms with Crippen LogP contribution in [0.15, 0.2) is 43.0 Å². The van der Waals surface area contributed by atoms with Gasteiger partial charge in [-0.05, 0) is 49.9 Å². The van der Waals surface area contributed by atoms with Crippen LogP contribution in [-0.2, 0) is 13.0 Å². The van der Waals surface area contributed by atoms with E-state index in [0.717, 1.165) is 23.4 Å². The van der Waals surface area contributed by atoms with Crippen molar-refractivity contribution in [1.82, 2.24) is 29.9 Å². The van der Waals surface area contributed by atoms with Crippen molar-refractivity contribution in [1.29, 1.82) is 0 Å². The molecule has 0 bridgehead atoms. The molecule has 0 aliphatic carbocycles. The van der Waals surface area contributed by atoms with Crippen LogP contribution in [0.5, 0.6) is 0 Å². The van der Waals surface area contributed by atoms with Crippen LogP contribution in [0.2, 0.25) is 0 Å². The minimum atomic E-state index is -0.115. The van der Waals surface area contributed by atoms with Gasteiger partial charge < -0.3 is 5.32 Å². The summed E-state index contributed by atoms with van der Waals surface area (Å²) in [7, 11) is 0. The normalized spacial score (nSPS) is 12.3. The Labute approximate surface area is 159 Å². The smallest absolute Gasteiger partial charge is 0.270 e. The van der Waals surface area contributed by atoms with Gasteiger partial charge in [0.15, 0.2) is 0 Å². The van der Waals surface area contributed by atoms with Gasteiger partial charge in [0.2, 0.25) is 0 Å². The summed E-state index contributed by atoms with van der Waals surface area (Å²) in [6.07, 6.45) is 4.02. The monoisotopic (exact) mass is 366 g/mol. The third-order valence-electron chi connectivity index (χ3n) is 4.40. The molecule has 2 aromatic heterocycles. The molecule has 0 saturated carbocycles. The minimum absolute atomic E-state index is 0.104. The molecule has 1 amide bonds. The topological polar surface area (TPSA) is 77.6 Å². The van der Waals surface area contributed by atoms with Gasteiger partial charge in [0, 0.05) is 6.54 Å². The molecule has 1 N–H and O–H groups in total. The highest BCUT2D eigenvalue weighted by Gasteiger charge is 2.18. The van der Waals surface area contributed by atoms with E-state index < -0.39 is 0 Å². The Hall–Kier alpha value is -2.96. The molecular formula is C20H26N6O. The highest BCUT2D eigenvalue weighted by molar-refractivity contribution is 5.93. The number of rotatable bonds is 7. The van der Waals surface area contributed by atoms with Crippen molar-refractivity contribution in [2.45, 2.75) is 46.7 Å². The second-order valence-electron chi connectivity index (χ2n) is 7.06. The van der Waals surface area contributed by atoms with Crippen molar-refractivity contribution < 1.29 is 4.79 Å². The van der Waals surface area contributed by atoms with E-state index in [0.29, 0.717) is 18.2 Å². The predicted octanol–water partition coefficient (Wildman–Crippen LogP) is 3.17. The highest BCUT2D eigenvalue weighted by atomic mass is 16.2. The van der Waals surface area contributed by atoms with E-state index in [-0.39, 0.29) is 11.9 Å². The Morgan fingerprint density at radius 3 is 2.52 bits per heavy atom. The third kappa shape index (κ3) is 4.42. The first-order chi connectivity index (χ1) is 13.0. The van der Waals surface area contributed by atoms with Gasteiger partial charge in [0.25, 0.3) is 5.91 Å². The SMILES string of the molecule is CCn1nc(CC(C)C)cc1C(=O)NC(C)c1ccc(-n2cncn2)cc1. The van der Waals surface area contributed by atoms with Crippen LogP contribution in [-0.4, -0.2) is 30.5 Å². The lowest BCUT2D eigenvalue weighted by Gasteiger charge is -2.15. The Balaban J connectivity index is 1.71. The molecule has 1 aromatic carbocycles. The summed E-state index contributed by atoms with van der Waals surface area (Å²) in [5.41, 5.74) is 3.52. The molecular weight excluding hydrogens is 340 g/mol. The fraction of sp³-hybridized carbons (Fsp3) is 0.400. The number of nitrogens with zero attached hydrogens (tertiary/aromatic N) is 5. The van der Waals surface area contributed by atoms with Gasteiger partial charge in [-0.15, -0.1) is 0 Å². The lowest BCUT2D eigenvalue weighted by Crippen LogP contribution is -2.28.